The number of aromatic nitrogens is 2. The number of nitro groups is 1. The summed E-state index contributed by atoms with van der Waals surface area (Å²) in [6, 6.07) is 4.45. The van der Waals surface area contributed by atoms with E-state index in [2.05, 4.69) is 9.97 Å². The van der Waals surface area contributed by atoms with Crippen molar-refractivity contribution < 1.29 is 9.66 Å². The predicted octanol–water partition coefficient (Wildman–Crippen LogP) is 3.02. The molecule has 0 spiro atoms. The summed E-state index contributed by atoms with van der Waals surface area (Å²) in [7, 11) is 0. The van der Waals surface area contributed by atoms with E-state index >= 15 is 0 Å². The van der Waals surface area contributed by atoms with Gasteiger partial charge in [0, 0.05) is 6.07 Å². The van der Waals surface area contributed by atoms with Crippen molar-refractivity contribution >= 4 is 11.5 Å². The van der Waals surface area contributed by atoms with E-state index in [4.69, 9.17) is 10.5 Å². The van der Waals surface area contributed by atoms with Gasteiger partial charge in [0.25, 0.3) is 5.69 Å². The molecule has 0 saturated carbocycles. The van der Waals surface area contributed by atoms with Crippen LogP contribution in [0.3, 0.4) is 0 Å². The number of hydrogen-bond acceptors (Lipinski definition) is 6. The smallest absolute Gasteiger partial charge is 0.273 e. The van der Waals surface area contributed by atoms with Gasteiger partial charge in [0.15, 0.2) is 0 Å². The van der Waals surface area contributed by atoms with Crippen LogP contribution in [-0.2, 0) is 6.42 Å². The second kappa shape index (κ2) is 6.17. The number of anilines is 1. The van der Waals surface area contributed by atoms with Crippen molar-refractivity contribution in [3.05, 3.63) is 45.8 Å². The molecule has 0 aliphatic heterocycles. The molecule has 0 unspecified atom stereocenters. The van der Waals surface area contributed by atoms with Crippen LogP contribution in [0.25, 0.3) is 0 Å². The number of nitrogen functional groups attached to an aromatic ring is 1. The number of benzene rings is 1. The van der Waals surface area contributed by atoms with Crippen LogP contribution in [0.2, 0.25) is 0 Å². The third-order valence-corrected chi connectivity index (χ3v) is 3.03. The first-order chi connectivity index (χ1) is 10.0. The lowest BCUT2D eigenvalue weighted by atomic mass is 10.1. The van der Waals surface area contributed by atoms with Crippen molar-refractivity contribution in [2.45, 2.75) is 26.7 Å². The normalized spacial score (nSPS) is 10.4. The monoisotopic (exact) mass is 288 g/mol. The Kier molecular flexibility index (Phi) is 4.32. The Morgan fingerprint density at radius 3 is 2.81 bits per heavy atom. The molecule has 0 aliphatic rings. The first-order valence-corrected chi connectivity index (χ1v) is 6.55. The van der Waals surface area contributed by atoms with E-state index in [0.717, 1.165) is 12.0 Å². The summed E-state index contributed by atoms with van der Waals surface area (Å²) >= 11 is 0. The van der Waals surface area contributed by atoms with Crippen LogP contribution in [0.5, 0.6) is 11.6 Å². The van der Waals surface area contributed by atoms with Gasteiger partial charge < -0.3 is 10.5 Å². The van der Waals surface area contributed by atoms with Gasteiger partial charge in [-0.3, -0.25) is 10.1 Å². The zero-order valence-electron chi connectivity index (χ0n) is 11.9. The minimum absolute atomic E-state index is 0.0327. The van der Waals surface area contributed by atoms with Gasteiger partial charge in [-0.2, -0.15) is 0 Å². The van der Waals surface area contributed by atoms with Crippen LogP contribution < -0.4 is 10.5 Å². The highest BCUT2D eigenvalue weighted by atomic mass is 16.6. The van der Waals surface area contributed by atoms with Gasteiger partial charge in [0.1, 0.15) is 17.9 Å². The first-order valence-electron chi connectivity index (χ1n) is 6.55. The van der Waals surface area contributed by atoms with Crippen LogP contribution in [-0.4, -0.2) is 14.9 Å². The Morgan fingerprint density at radius 2 is 2.14 bits per heavy atom. The molecular weight excluding hydrogens is 272 g/mol. The Labute approximate surface area is 121 Å². The van der Waals surface area contributed by atoms with Crippen LogP contribution in [0.15, 0.2) is 24.5 Å². The molecule has 2 N–H and O–H groups in total. The fourth-order valence-corrected chi connectivity index (χ4v) is 1.90. The lowest BCUT2D eigenvalue weighted by molar-refractivity contribution is -0.384. The third kappa shape index (κ3) is 3.25. The lowest BCUT2D eigenvalue weighted by Crippen LogP contribution is -2.03. The Bertz CT molecular complexity index is 673. The number of ether oxygens (including phenoxy) is 1. The summed E-state index contributed by atoms with van der Waals surface area (Å²) in [5, 5.41) is 10.8. The van der Waals surface area contributed by atoms with Crippen LogP contribution in [0.1, 0.15) is 24.5 Å². The largest absolute Gasteiger partial charge is 0.438 e. The summed E-state index contributed by atoms with van der Waals surface area (Å²) in [5.74, 6) is 1.09. The summed E-state index contributed by atoms with van der Waals surface area (Å²) in [6.07, 6.45) is 2.86. The highest BCUT2D eigenvalue weighted by Gasteiger charge is 2.14. The first kappa shape index (κ1) is 14.7. The molecule has 0 radical (unpaired) electrons. The Balaban J connectivity index is 2.40. The predicted molar refractivity (Wildman–Crippen MR) is 78.3 cm³/mol. The molecule has 0 fully saturated rings. The van der Waals surface area contributed by atoms with Gasteiger partial charge >= 0.3 is 0 Å². The second-order valence-electron chi connectivity index (χ2n) is 4.60. The van der Waals surface area contributed by atoms with E-state index in [1.54, 1.807) is 6.07 Å². The number of non-ortho nitro benzene ring substituents is 1. The van der Waals surface area contributed by atoms with Gasteiger partial charge in [0.2, 0.25) is 5.88 Å². The van der Waals surface area contributed by atoms with Crippen LogP contribution >= 0.6 is 0 Å². The number of nitrogens with two attached hydrogens (primary N) is 1. The summed E-state index contributed by atoms with van der Waals surface area (Å²) < 4.78 is 5.73. The van der Waals surface area contributed by atoms with Crippen molar-refractivity contribution in [3.8, 4) is 11.6 Å². The van der Waals surface area contributed by atoms with Gasteiger partial charge in [-0.05, 0) is 25.0 Å². The highest BCUT2D eigenvalue weighted by molar-refractivity contribution is 5.49. The molecule has 0 amide bonds. The maximum Gasteiger partial charge on any atom is 0.273 e. The van der Waals surface area contributed by atoms with Gasteiger partial charge in [-0.25, -0.2) is 9.97 Å². The van der Waals surface area contributed by atoms with E-state index in [1.165, 1.54) is 18.5 Å². The average molecular weight is 288 g/mol. The molecule has 0 saturated heterocycles. The van der Waals surface area contributed by atoms with E-state index in [9.17, 15) is 10.1 Å². The number of nitrogens with zero attached hydrogens (tertiary/aromatic N) is 3. The molecule has 1 aromatic carbocycles. The summed E-state index contributed by atoms with van der Waals surface area (Å²) in [6.45, 7) is 3.82. The van der Waals surface area contributed by atoms with Gasteiger partial charge in [0.05, 0.1) is 16.6 Å². The van der Waals surface area contributed by atoms with Crippen molar-refractivity contribution in [3.63, 3.8) is 0 Å². The van der Waals surface area contributed by atoms with Crippen LogP contribution in [0.4, 0.5) is 11.5 Å². The number of nitro benzene ring substituents is 1. The highest BCUT2D eigenvalue weighted by Crippen LogP contribution is 2.31. The minimum Gasteiger partial charge on any atom is -0.438 e. The molecule has 110 valence electrons. The summed E-state index contributed by atoms with van der Waals surface area (Å²) in [5.41, 5.74) is 7.30. The molecule has 1 heterocycles. The SMILES string of the molecule is CCCc1c(N)ncnc1Oc1cc([N+](=O)[O-])ccc1C. The Hall–Kier alpha value is -2.70. The maximum absolute atomic E-state index is 10.8. The quantitative estimate of drug-likeness (QED) is 0.669. The van der Waals surface area contributed by atoms with Crippen molar-refractivity contribution in [1.29, 1.82) is 0 Å². The molecule has 0 bridgehead atoms. The average Bonchev–Trinajstić information content (AvgIpc) is 2.44. The molecule has 21 heavy (non-hydrogen) atoms. The van der Waals surface area contributed by atoms with Crippen molar-refractivity contribution in [1.82, 2.24) is 9.97 Å². The van der Waals surface area contributed by atoms with Gasteiger partial charge in [-0.15, -0.1) is 0 Å². The number of hydrogen-bond donors (Lipinski definition) is 1. The fourth-order valence-electron chi connectivity index (χ4n) is 1.90. The standard InChI is InChI=1S/C14H16N4O3/c1-3-4-11-13(15)16-8-17-14(11)21-12-7-10(18(19)20)6-5-9(12)2/h5-8H,3-4H2,1-2H3,(H2,15,16,17). The van der Waals surface area contributed by atoms with Gasteiger partial charge in [-0.1, -0.05) is 13.3 Å². The van der Waals surface area contributed by atoms with Crippen LogP contribution in [0, 0.1) is 17.0 Å². The molecule has 1 aromatic heterocycles. The molecule has 0 aliphatic carbocycles. The topological polar surface area (TPSA) is 104 Å². The van der Waals surface area contributed by atoms with E-state index < -0.39 is 4.92 Å². The fraction of sp³-hybridized carbons (Fsp3) is 0.286. The van der Waals surface area contributed by atoms with E-state index in [-0.39, 0.29) is 5.69 Å². The molecule has 7 nitrogen and oxygen atoms in total. The minimum atomic E-state index is -0.465. The third-order valence-electron chi connectivity index (χ3n) is 3.03. The molecule has 2 rings (SSSR count). The maximum atomic E-state index is 10.8. The Morgan fingerprint density at radius 1 is 1.38 bits per heavy atom. The van der Waals surface area contributed by atoms with E-state index in [0.29, 0.717) is 29.4 Å². The van der Waals surface area contributed by atoms with E-state index in [1.807, 2.05) is 13.8 Å². The number of rotatable bonds is 5. The number of aryl methyl sites for hydroxylation is 1. The zero-order chi connectivity index (χ0) is 15.4. The molecule has 2 aromatic rings. The lowest BCUT2D eigenvalue weighted by Gasteiger charge is -2.12. The molecular formula is C14H16N4O3. The molecule has 7 heteroatoms. The second-order valence-corrected chi connectivity index (χ2v) is 4.60. The van der Waals surface area contributed by atoms with Crippen molar-refractivity contribution in [2.75, 3.05) is 5.73 Å². The zero-order valence-corrected chi connectivity index (χ0v) is 11.9. The summed E-state index contributed by atoms with van der Waals surface area (Å²) in [4.78, 5) is 18.4. The van der Waals surface area contributed by atoms with Crippen molar-refractivity contribution in [2.24, 2.45) is 0 Å². The molecule has 0 atom stereocenters.